The number of hydrogen-bond donors (Lipinski definition) is 4. The number of benzene rings is 3. The van der Waals surface area contributed by atoms with Gasteiger partial charge in [-0.05, 0) is 42.4 Å². The average Bonchev–Trinajstić information content (AvgIpc) is 3.10. The van der Waals surface area contributed by atoms with Gasteiger partial charge >= 0.3 is 12.1 Å². The molecule has 4 atom stereocenters. The summed E-state index contributed by atoms with van der Waals surface area (Å²) in [4.78, 5) is 52.0. The normalized spacial score (nSPS) is 13.1. The van der Waals surface area contributed by atoms with Crippen LogP contribution in [0.4, 0.5) is 4.79 Å². The largest absolute Gasteiger partial charge is 0.462 e. The van der Waals surface area contributed by atoms with Crippen LogP contribution in [0.5, 0.6) is 0 Å². The van der Waals surface area contributed by atoms with Crippen LogP contribution in [0, 0.1) is 5.92 Å². The van der Waals surface area contributed by atoms with Crippen LogP contribution in [0.1, 0.15) is 36.0 Å². The van der Waals surface area contributed by atoms with Crippen molar-refractivity contribution in [2.75, 3.05) is 13.2 Å². The van der Waals surface area contributed by atoms with Gasteiger partial charge < -0.3 is 30.5 Å². The lowest BCUT2D eigenvalue weighted by Crippen LogP contribution is -2.47. The van der Waals surface area contributed by atoms with Crippen LogP contribution in [0.15, 0.2) is 116 Å². The Morgan fingerprint density at radius 3 is 1.77 bits per heavy atom. The zero-order chi connectivity index (χ0) is 34.6. The molecule has 3 rings (SSSR count). The molecule has 0 radical (unpaired) electrons. The molecule has 0 aliphatic heterocycles. The molecule has 0 fully saturated rings. The van der Waals surface area contributed by atoms with Gasteiger partial charge in [-0.1, -0.05) is 103 Å². The zero-order valence-electron chi connectivity index (χ0n) is 27.1. The predicted molar refractivity (Wildman–Crippen MR) is 183 cm³/mol. The van der Waals surface area contributed by atoms with E-state index in [0.717, 1.165) is 16.7 Å². The lowest BCUT2D eigenvalue weighted by atomic mass is 9.98. The van der Waals surface area contributed by atoms with E-state index in [0.29, 0.717) is 12.8 Å². The molecule has 0 saturated heterocycles. The fourth-order valence-electron chi connectivity index (χ4n) is 4.99. The van der Waals surface area contributed by atoms with Gasteiger partial charge in [-0.2, -0.15) is 0 Å². The van der Waals surface area contributed by atoms with Gasteiger partial charge in [0.2, 0.25) is 11.8 Å². The van der Waals surface area contributed by atoms with Gasteiger partial charge in [0.15, 0.2) is 0 Å². The average molecular weight is 656 g/mol. The molecule has 0 aliphatic rings. The van der Waals surface area contributed by atoms with E-state index < -0.39 is 42.0 Å². The van der Waals surface area contributed by atoms with Crippen LogP contribution in [0.3, 0.4) is 0 Å². The summed E-state index contributed by atoms with van der Waals surface area (Å²) in [6.07, 6.45) is 3.26. The predicted octanol–water partition coefficient (Wildman–Crippen LogP) is 4.43. The minimum Gasteiger partial charge on any atom is -0.462 e. The number of nitrogens with one attached hydrogen (secondary N) is 3. The number of amides is 3. The minimum atomic E-state index is -1.05. The van der Waals surface area contributed by atoms with E-state index in [2.05, 4.69) is 29.1 Å². The Labute approximate surface area is 282 Å². The first kappa shape index (κ1) is 37.2. The van der Waals surface area contributed by atoms with Gasteiger partial charge in [0, 0.05) is 6.42 Å². The highest BCUT2D eigenvalue weighted by Crippen LogP contribution is 2.13. The highest BCUT2D eigenvalue weighted by atomic mass is 16.6. The Balaban J connectivity index is 1.62. The van der Waals surface area contributed by atoms with E-state index in [1.54, 1.807) is 6.08 Å². The number of alkyl carbamates (subject to hydrolysis) is 1. The van der Waals surface area contributed by atoms with E-state index in [9.17, 15) is 24.3 Å². The molecule has 0 bridgehead atoms. The fraction of sp³-hybridized carbons (Fsp3) is 0.316. The summed E-state index contributed by atoms with van der Waals surface area (Å²) in [7, 11) is 0. The smallest absolute Gasteiger partial charge is 0.408 e. The number of hydrogen-bond acceptors (Lipinski definition) is 7. The Hall–Kier alpha value is -5.22. The van der Waals surface area contributed by atoms with Gasteiger partial charge in [-0.15, -0.1) is 13.2 Å². The number of aliphatic hydroxyl groups excluding tert-OH is 1. The SMILES string of the molecule is C=CC[C@H](CC(=O)N[C@@H](CO)Cc1ccccc1)C(=O)N[C@@H](COC(=O)[C@@H](CC=C)NC(=O)OCc1ccccc1)Cc1ccccc1. The Kier molecular flexibility index (Phi) is 16.1. The lowest BCUT2D eigenvalue weighted by molar-refractivity contribution is -0.147. The summed E-state index contributed by atoms with van der Waals surface area (Å²) in [5.74, 6) is -2.25. The van der Waals surface area contributed by atoms with Gasteiger partial charge in [0.05, 0.1) is 24.6 Å². The summed E-state index contributed by atoms with van der Waals surface area (Å²) in [5, 5.41) is 18.1. The van der Waals surface area contributed by atoms with E-state index in [1.165, 1.54) is 6.08 Å². The molecule has 254 valence electrons. The highest BCUT2D eigenvalue weighted by molar-refractivity contribution is 5.86. The van der Waals surface area contributed by atoms with E-state index in [4.69, 9.17) is 9.47 Å². The molecule has 0 spiro atoms. The van der Waals surface area contributed by atoms with E-state index in [-0.39, 0.29) is 45.0 Å². The molecule has 3 aromatic rings. The molecule has 0 unspecified atom stereocenters. The maximum Gasteiger partial charge on any atom is 0.408 e. The topological polar surface area (TPSA) is 143 Å². The molecule has 0 saturated carbocycles. The van der Waals surface area contributed by atoms with Crippen LogP contribution >= 0.6 is 0 Å². The number of ether oxygens (including phenoxy) is 2. The standard InChI is InChI=1S/C38H45N3O7/c1-3-14-31(24-35(43)39-32(25-42)22-28-16-8-5-9-17-28)36(44)40-33(23-29-18-10-6-11-19-29)27-47-37(45)34(15-4-2)41-38(46)48-26-30-20-12-7-13-21-30/h3-13,16-21,31-34,42H,1-2,14-15,22-27H2,(H,39,43)(H,40,44)(H,41,46)/t31-,32-,33-,34-/m1/s1. The van der Waals surface area contributed by atoms with Crippen LogP contribution in [-0.4, -0.2) is 60.3 Å². The summed E-state index contributed by atoms with van der Waals surface area (Å²) in [5.41, 5.74) is 2.65. The molecular weight excluding hydrogens is 610 g/mol. The molecule has 3 aromatic carbocycles. The Morgan fingerprint density at radius 2 is 1.23 bits per heavy atom. The lowest BCUT2D eigenvalue weighted by Gasteiger charge is -2.24. The molecular formula is C38H45N3O7. The number of carbonyl (C=O) groups excluding carboxylic acids is 4. The molecule has 10 heteroatoms. The number of esters is 1. The molecule has 0 aliphatic carbocycles. The second-order valence-corrected chi connectivity index (χ2v) is 11.4. The van der Waals surface area contributed by atoms with Gasteiger partial charge in [-0.3, -0.25) is 9.59 Å². The summed E-state index contributed by atoms with van der Waals surface area (Å²) >= 11 is 0. The monoisotopic (exact) mass is 655 g/mol. The number of aliphatic hydroxyl groups is 1. The van der Waals surface area contributed by atoms with Crippen molar-refractivity contribution in [2.45, 2.75) is 56.8 Å². The molecule has 0 aromatic heterocycles. The first-order valence-corrected chi connectivity index (χ1v) is 15.9. The van der Waals surface area contributed by atoms with Crippen molar-refractivity contribution in [2.24, 2.45) is 5.92 Å². The summed E-state index contributed by atoms with van der Waals surface area (Å²) < 4.78 is 10.9. The van der Waals surface area contributed by atoms with Gasteiger partial charge in [0.25, 0.3) is 0 Å². The third kappa shape index (κ3) is 13.6. The van der Waals surface area contributed by atoms with Crippen LogP contribution in [0.2, 0.25) is 0 Å². The van der Waals surface area contributed by atoms with Crippen molar-refractivity contribution in [3.8, 4) is 0 Å². The molecule has 10 nitrogen and oxygen atoms in total. The highest BCUT2D eigenvalue weighted by Gasteiger charge is 2.27. The number of rotatable bonds is 20. The third-order valence-corrected chi connectivity index (χ3v) is 7.45. The van der Waals surface area contributed by atoms with Crippen molar-refractivity contribution in [1.82, 2.24) is 16.0 Å². The molecule has 48 heavy (non-hydrogen) atoms. The van der Waals surface area contributed by atoms with Gasteiger partial charge in [0.1, 0.15) is 19.3 Å². The van der Waals surface area contributed by atoms with Crippen LogP contribution < -0.4 is 16.0 Å². The van der Waals surface area contributed by atoms with Crippen LogP contribution in [0.25, 0.3) is 0 Å². The zero-order valence-corrected chi connectivity index (χ0v) is 27.1. The van der Waals surface area contributed by atoms with Gasteiger partial charge in [-0.25, -0.2) is 9.59 Å². The van der Waals surface area contributed by atoms with Crippen LogP contribution in [-0.2, 0) is 43.3 Å². The van der Waals surface area contributed by atoms with Crippen molar-refractivity contribution in [3.63, 3.8) is 0 Å². The summed E-state index contributed by atoms with van der Waals surface area (Å²) in [6.45, 7) is 7.00. The summed E-state index contributed by atoms with van der Waals surface area (Å²) in [6, 6.07) is 25.8. The molecule has 3 amide bonds. The minimum absolute atomic E-state index is 0.0330. The number of carbonyl (C=O) groups is 4. The quantitative estimate of drug-likeness (QED) is 0.104. The second kappa shape index (κ2) is 20.8. The van der Waals surface area contributed by atoms with E-state index in [1.807, 2.05) is 91.0 Å². The molecule has 4 N–H and O–H groups in total. The van der Waals surface area contributed by atoms with Crippen molar-refractivity contribution >= 4 is 23.9 Å². The maximum absolute atomic E-state index is 13.5. The Bertz CT molecular complexity index is 1450. The van der Waals surface area contributed by atoms with Crippen molar-refractivity contribution < 1.29 is 33.8 Å². The third-order valence-electron chi connectivity index (χ3n) is 7.45. The van der Waals surface area contributed by atoms with E-state index >= 15 is 0 Å². The first-order valence-electron chi connectivity index (χ1n) is 15.9. The first-order chi connectivity index (χ1) is 23.3. The van der Waals surface area contributed by atoms with Crippen molar-refractivity contribution in [1.29, 1.82) is 0 Å². The Morgan fingerprint density at radius 1 is 0.688 bits per heavy atom. The second-order valence-electron chi connectivity index (χ2n) is 11.4. The number of allylic oxidation sites excluding steroid dienone is 1. The molecule has 0 heterocycles. The maximum atomic E-state index is 13.5. The fourth-order valence-corrected chi connectivity index (χ4v) is 4.99. The van der Waals surface area contributed by atoms with Crippen molar-refractivity contribution in [3.05, 3.63) is 133 Å².